The lowest BCUT2D eigenvalue weighted by atomic mass is 10.0. The molecule has 2 N–H and O–H groups in total. The van der Waals surface area contributed by atoms with E-state index in [1.807, 2.05) is 19.9 Å². The minimum Gasteiger partial charge on any atom is -0.438 e. The number of carbonyl (C=O) groups is 2. The summed E-state index contributed by atoms with van der Waals surface area (Å²) in [5.74, 6) is 0.0477. The van der Waals surface area contributed by atoms with Crippen molar-refractivity contribution >= 4 is 23.4 Å². The summed E-state index contributed by atoms with van der Waals surface area (Å²) >= 11 is 0. The molecule has 2 aromatic carbocycles. The first-order valence-electron chi connectivity index (χ1n) is 13.5. The second-order valence-electron chi connectivity index (χ2n) is 9.69. The molecule has 3 rings (SSSR count). The van der Waals surface area contributed by atoms with Gasteiger partial charge in [-0.25, -0.2) is 5.01 Å². The normalized spacial score (nSPS) is 15.4. The van der Waals surface area contributed by atoms with E-state index in [1.165, 1.54) is 5.01 Å². The van der Waals surface area contributed by atoms with Crippen LogP contribution >= 0.6 is 0 Å². The number of unbranched alkanes of at least 4 members (excludes halogenated alkanes) is 2. The second kappa shape index (κ2) is 14.3. The van der Waals surface area contributed by atoms with Crippen molar-refractivity contribution in [2.24, 2.45) is 11.0 Å². The van der Waals surface area contributed by atoms with Gasteiger partial charge in [0.1, 0.15) is 5.75 Å². The Kier molecular flexibility index (Phi) is 10.9. The Labute approximate surface area is 238 Å². The van der Waals surface area contributed by atoms with Gasteiger partial charge in [0.25, 0.3) is 5.91 Å². The number of nitrogens with one attached hydrogen (secondary N) is 2. The van der Waals surface area contributed by atoms with Crippen LogP contribution in [0.4, 0.5) is 18.9 Å². The van der Waals surface area contributed by atoms with Gasteiger partial charge in [-0.15, -0.1) is 5.10 Å². The number of allylic oxidation sites excluding steroid dienone is 3. The number of amides is 2. The SMILES string of the molecule is CC=C1C=CC(Oc2cccc(NC(=O)C(C)CCCCC)c2)=NN1/C=C(\C)NC(=O)c1ccc(C(F)(F)F)cc1. The lowest BCUT2D eigenvalue weighted by Crippen LogP contribution is -2.25. The molecule has 0 aromatic heterocycles. The molecule has 0 radical (unpaired) electrons. The van der Waals surface area contributed by atoms with Crippen LogP contribution in [0.2, 0.25) is 0 Å². The molecule has 1 aliphatic rings. The summed E-state index contributed by atoms with van der Waals surface area (Å²) in [6, 6.07) is 11.0. The fourth-order valence-corrected chi connectivity index (χ4v) is 3.95. The van der Waals surface area contributed by atoms with Gasteiger partial charge in [-0.3, -0.25) is 9.59 Å². The zero-order chi connectivity index (χ0) is 30.0. The minimum absolute atomic E-state index is 0.0454. The number of ether oxygens (including phenoxy) is 1. The van der Waals surface area contributed by atoms with Crippen LogP contribution in [-0.2, 0) is 11.0 Å². The first-order chi connectivity index (χ1) is 19.5. The van der Waals surface area contributed by atoms with E-state index in [1.54, 1.807) is 49.5 Å². The van der Waals surface area contributed by atoms with Crippen molar-refractivity contribution in [2.45, 2.75) is 59.6 Å². The van der Waals surface area contributed by atoms with Crippen LogP contribution in [0.1, 0.15) is 69.3 Å². The van der Waals surface area contributed by atoms with Gasteiger partial charge in [-0.1, -0.05) is 45.3 Å². The van der Waals surface area contributed by atoms with E-state index < -0.39 is 17.6 Å². The fourth-order valence-electron chi connectivity index (χ4n) is 3.95. The number of nitrogens with zero attached hydrogens (tertiary/aromatic N) is 2. The van der Waals surface area contributed by atoms with Crippen LogP contribution in [0.5, 0.6) is 5.75 Å². The van der Waals surface area contributed by atoms with Gasteiger partial charge in [0.05, 0.1) is 11.3 Å². The third kappa shape index (κ3) is 9.37. The van der Waals surface area contributed by atoms with Gasteiger partial charge < -0.3 is 15.4 Å². The summed E-state index contributed by atoms with van der Waals surface area (Å²) in [5, 5.41) is 11.6. The van der Waals surface area contributed by atoms with E-state index in [2.05, 4.69) is 22.7 Å². The monoisotopic (exact) mass is 568 g/mol. The molecular formula is C31H35F3N4O3. The maximum absolute atomic E-state index is 12.8. The Morgan fingerprint density at radius 1 is 1.10 bits per heavy atom. The number of anilines is 1. The van der Waals surface area contributed by atoms with Crippen molar-refractivity contribution in [3.8, 4) is 5.75 Å². The summed E-state index contributed by atoms with van der Waals surface area (Å²) in [6.07, 6.45) is 6.43. The molecular weight excluding hydrogens is 533 g/mol. The Balaban J connectivity index is 1.67. The zero-order valence-corrected chi connectivity index (χ0v) is 23.6. The van der Waals surface area contributed by atoms with Gasteiger partial charge in [0, 0.05) is 41.2 Å². The Bertz CT molecular complexity index is 1350. The molecule has 1 atom stereocenters. The van der Waals surface area contributed by atoms with Gasteiger partial charge in [-0.05, 0) is 62.7 Å². The molecule has 2 aromatic rings. The summed E-state index contributed by atoms with van der Waals surface area (Å²) < 4.78 is 44.4. The topological polar surface area (TPSA) is 83.0 Å². The number of rotatable bonds is 10. The molecule has 10 heteroatoms. The average Bonchev–Trinajstić information content (AvgIpc) is 2.93. The number of hydrogen-bond donors (Lipinski definition) is 2. The molecule has 0 saturated carbocycles. The van der Waals surface area contributed by atoms with Crippen LogP contribution < -0.4 is 15.4 Å². The number of hydrazone groups is 1. The molecule has 0 fully saturated rings. The van der Waals surface area contributed by atoms with E-state index in [-0.39, 0.29) is 23.3 Å². The van der Waals surface area contributed by atoms with Gasteiger partial charge in [0.2, 0.25) is 11.8 Å². The van der Waals surface area contributed by atoms with Gasteiger partial charge in [-0.2, -0.15) is 13.2 Å². The number of hydrogen-bond acceptors (Lipinski definition) is 5. The predicted molar refractivity (Wildman–Crippen MR) is 154 cm³/mol. The first-order valence-corrected chi connectivity index (χ1v) is 13.5. The summed E-state index contributed by atoms with van der Waals surface area (Å²) in [5.41, 5.74) is 0.989. The quantitative estimate of drug-likeness (QED) is 0.289. The van der Waals surface area contributed by atoms with E-state index in [0.717, 1.165) is 49.9 Å². The maximum Gasteiger partial charge on any atom is 0.416 e. The number of carbonyl (C=O) groups excluding carboxylic acids is 2. The fraction of sp³-hybridized carbons (Fsp3) is 0.323. The third-order valence-corrected chi connectivity index (χ3v) is 6.28. The van der Waals surface area contributed by atoms with E-state index in [4.69, 9.17) is 4.74 Å². The van der Waals surface area contributed by atoms with E-state index in [9.17, 15) is 22.8 Å². The van der Waals surface area contributed by atoms with E-state index in [0.29, 0.717) is 22.8 Å². The smallest absolute Gasteiger partial charge is 0.416 e. The molecule has 1 heterocycles. The Morgan fingerprint density at radius 3 is 2.49 bits per heavy atom. The lowest BCUT2D eigenvalue weighted by Gasteiger charge is -2.22. The summed E-state index contributed by atoms with van der Waals surface area (Å²) in [6.45, 7) is 7.51. The number of benzene rings is 2. The van der Waals surface area contributed by atoms with Gasteiger partial charge >= 0.3 is 6.18 Å². The first kappa shape index (κ1) is 31.2. The maximum atomic E-state index is 12.8. The van der Waals surface area contributed by atoms with Crippen molar-refractivity contribution in [1.29, 1.82) is 0 Å². The highest BCUT2D eigenvalue weighted by Gasteiger charge is 2.30. The molecule has 0 spiro atoms. The molecule has 7 nitrogen and oxygen atoms in total. The van der Waals surface area contributed by atoms with Crippen molar-refractivity contribution in [1.82, 2.24) is 10.3 Å². The Morgan fingerprint density at radius 2 is 1.83 bits per heavy atom. The molecule has 218 valence electrons. The molecule has 1 unspecified atom stereocenters. The average molecular weight is 569 g/mol. The van der Waals surface area contributed by atoms with Crippen LogP contribution in [0.25, 0.3) is 0 Å². The second-order valence-corrected chi connectivity index (χ2v) is 9.69. The van der Waals surface area contributed by atoms with E-state index >= 15 is 0 Å². The molecule has 2 amide bonds. The van der Waals surface area contributed by atoms with Crippen LogP contribution in [0, 0.1) is 5.92 Å². The largest absolute Gasteiger partial charge is 0.438 e. The summed E-state index contributed by atoms with van der Waals surface area (Å²) in [4.78, 5) is 25.1. The highest BCUT2D eigenvalue weighted by molar-refractivity contribution is 5.95. The third-order valence-electron chi connectivity index (χ3n) is 6.28. The standard InChI is InChI=1S/C31H35F3N4O3/c1-5-7-8-10-21(3)29(39)36-25-11-9-12-27(19-25)41-28-18-17-26(6-2)38(37-28)20-22(4)35-30(40)23-13-15-24(16-14-23)31(32,33)34/h6,9,11-21H,5,7-8,10H2,1-4H3,(H,35,40)(H,36,39)/b22-20+,26-6?. The molecule has 0 aliphatic carbocycles. The van der Waals surface area contributed by atoms with Crippen LogP contribution in [-0.4, -0.2) is 22.7 Å². The highest BCUT2D eigenvalue weighted by Crippen LogP contribution is 2.29. The van der Waals surface area contributed by atoms with Crippen molar-refractivity contribution in [3.63, 3.8) is 0 Å². The number of halogens is 3. The van der Waals surface area contributed by atoms with Crippen molar-refractivity contribution in [2.75, 3.05) is 5.32 Å². The van der Waals surface area contributed by atoms with Crippen LogP contribution in [0.15, 0.2) is 89.5 Å². The molecule has 0 saturated heterocycles. The van der Waals surface area contributed by atoms with Gasteiger partial charge in [0.15, 0.2) is 0 Å². The Hall–Kier alpha value is -4.34. The molecule has 41 heavy (non-hydrogen) atoms. The van der Waals surface area contributed by atoms with Crippen molar-refractivity contribution < 1.29 is 27.5 Å². The zero-order valence-electron chi connectivity index (χ0n) is 23.6. The lowest BCUT2D eigenvalue weighted by molar-refractivity contribution is -0.137. The predicted octanol–water partition coefficient (Wildman–Crippen LogP) is 7.62. The minimum atomic E-state index is -4.48. The summed E-state index contributed by atoms with van der Waals surface area (Å²) in [7, 11) is 0. The van der Waals surface area contributed by atoms with Crippen molar-refractivity contribution in [3.05, 3.63) is 95.5 Å². The number of alkyl halides is 3. The highest BCUT2D eigenvalue weighted by atomic mass is 19.4. The molecule has 1 aliphatic heterocycles. The van der Waals surface area contributed by atoms with Crippen LogP contribution in [0.3, 0.4) is 0 Å². The molecule has 0 bridgehead atoms.